The summed E-state index contributed by atoms with van der Waals surface area (Å²) in [4.78, 5) is 0. The van der Waals surface area contributed by atoms with E-state index in [1.165, 1.54) is 6.42 Å². The van der Waals surface area contributed by atoms with Gasteiger partial charge in [0.25, 0.3) is 0 Å². The first-order chi connectivity index (χ1) is 4.64. The summed E-state index contributed by atoms with van der Waals surface area (Å²) in [6.45, 7) is 5.32. The van der Waals surface area contributed by atoms with E-state index in [2.05, 4.69) is 13.8 Å². The fourth-order valence-corrected chi connectivity index (χ4v) is 2.36. The molecule has 10 heavy (non-hydrogen) atoms. The molecule has 0 radical (unpaired) electrons. The smallest absolute Gasteiger partial charge is 0.0684 e. The van der Waals surface area contributed by atoms with Gasteiger partial charge < -0.3 is 10.5 Å². The first-order valence-corrected chi connectivity index (χ1v) is 4.01. The lowest BCUT2D eigenvalue weighted by molar-refractivity contribution is -0.0994. The van der Waals surface area contributed by atoms with Crippen LogP contribution in [0.15, 0.2) is 0 Å². The third-order valence-electron chi connectivity index (χ3n) is 3.19. The number of ether oxygens (including phenoxy) is 1. The van der Waals surface area contributed by atoms with Gasteiger partial charge in [0, 0.05) is 24.0 Å². The van der Waals surface area contributed by atoms with Gasteiger partial charge in [-0.05, 0) is 6.42 Å². The maximum absolute atomic E-state index is 5.96. The minimum absolute atomic E-state index is 0.237. The minimum atomic E-state index is 0.237. The summed E-state index contributed by atoms with van der Waals surface area (Å²) in [7, 11) is 0. The highest BCUT2D eigenvalue weighted by Crippen LogP contribution is 2.50. The van der Waals surface area contributed by atoms with Crippen molar-refractivity contribution in [3.05, 3.63) is 0 Å². The van der Waals surface area contributed by atoms with Gasteiger partial charge in [0.1, 0.15) is 0 Å². The van der Waals surface area contributed by atoms with Crippen LogP contribution in [0.25, 0.3) is 0 Å². The van der Waals surface area contributed by atoms with Crippen LogP contribution >= 0.6 is 0 Å². The van der Waals surface area contributed by atoms with Crippen molar-refractivity contribution < 1.29 is 4.74 Å². The normalized spacial score (nSPS) is 50.1. The molecule has 58 valence electrons. The maximum atomic E-state index is 5.96. The highest BCUT2D eigenvalue weighted by molar-refractivity contribution is 5.09. The van der Waals surface area contributed by atoms with Crippen LogP contribution in [0.1, 0.15) is 20.3 Å². The summed E-state index contributed by atoms with van der Waals surface area (Å²) in [5, 5.41) is 0. The lowest BCUT2D eigenvalue weighted by Gasteiger charge is -2.52. The van der Waals surface area contributed by atoms with Crippen molar-refractivity contribution >= 4 is 0 Å². The van der Waals surface area contributed by atoms with Gasteiger partial charge in [-0.25, -0.2) is 0 Å². The summed E-state index contributed by atoms with van der Waals surface area (Å²) in [5.41, 5.74) is 6.20. The highest BCUT2D eigenvalue weighted by Gasteiger charge is 2.57. The predicted octanol–water partition coefficient (Wildman–Crippen LogP) is 0.759. The van der Waals surface area contributed by atoms with Gasteiger partial charge in [-0.15, -0.1) is 0 Å². The lowest BCUT2D eigenvalue weighted by Crippen LogP contribution is -2.64. The third-order valence-corrected chi connectivity index (χ3v) is 3.19. The van der Waals surface area contributed by atoms with Gasteiger partial charge in [-0.2, -0.15) is 0 Å². The fourth-order valence-electron chi connectivity index (χ4n) is 2.36. The molecule has 0 bridgehead atoms. The fraction of sp³-hybridized carbons (Fsp3) is 1.00. The molecule has 2 fully saturated rings. The highest BCUT2D eigenvalue weighted by atomic mass is 16.5. The van der Waals surface area contributed by atoms with Crippen LogP contribution in [0.3, 0.4) is 0 Å². The van der Waals surface area contributed by atoms with E-state index in [0.717, 1.165) is 6.61 Å². The van der Waals surface area contributed by atoms with Crippen LogP contribution in [0.4, 0.5) is 0 Å². The van der Waals surface area contributed by atoms with Crippen molar-refractivity contribution in [3.8, 4) is 0 Å². The molecule has 0 aromatic heterocycles. The monoisotopic (exact) mass is 141 g/mol. The van der Waals surface area contributed by atoms with E-state index in [1.807, 2.05) is 0 Å². The van der Waals surface area contributed by atoms with Gasteiger partial charge in [0.05, 0.1) is 6.10 Å². The molecule has 2 heteroatoms. The Morgan fingerprint density at radius 1 is 1.50 bits per heavy atom. The molecular formula is C8H15NO. The summed E-state index contributed by atoms with van der Waals surface area (Å²) < 4.78 is 5.56. The molecular weight excluding hydrogens is 126 g/mol. The van der Waals surface area contributed by atoms with E-state index in [-0.39, 0.29) is 5.41 Å². The molecule has 2 nitrogen and oxygen atoms in total. The Kier molecular flexibility index (Phi) is 1.15. The topological polar surface area (TPSA) is 35.2 Å². The van der Waals surface area contributed by atoms with E-state index in [1.54, 1.807) is 0 Å². The summed E-state index contributed by atoms with van der Waals surface area (Å²) >= 11 is 0. The lowest BCUT2D eigenvalue weighted by atomic mass is 9.58. The zero-order valence-corrected chi connectivity index (χ0v) is 6.63. The second-order valence-electron chi connectivity index (χ2n) is 4.09. The Bertz CT molecular complexity index is 155. The van der Waals surface area contributed by atoms with Crippen molar-refractivity contribution in [2.45, 2.75) is 32.4 Å². The molecule has 1 aliphatic carbocycles. The van der Waals surface area contributed by atoms with Crippen molar-refractivity contribution in [1.82, 2.24) is 0 Å². The first-order valence-electron chi connectivity index (χ1n) is 4.01. The second kappa shape index (κ2) is 1.74. The number of nitrogens with two attached hydrogens (primary N) is 1. The number of hydrogen-bond donors (Lipinski definition) is 1. The quantitative estimate of drug-likeness (QED) is 0.540. The Labute approximate surface area is 61.7 Å². The first kappa shape index (κ1) is 6.62. The molecule has 0 spiro atoms. The van der Waals surface area contributed by atoms with E-state index < -0.39 is 0 Å². The van der Waals surface area contributed by atoms with E-state index in [4.69, 9.17) is 10.5 Å². The summed E-state index contributed by atoms with van der Waals surface area (Å²) in [5.74, 6) is 0.662. The minimum Gasteiger partial charge on any atom is -0.377 e. The van der Waals surface area contributed by atoms with Gasteiger partial charge in [-0.1, -0.05) is 13.8 Å². The molecule has 2 rings (SSSR count). The molecule has 1 aliphatic heterocycles. The molecule has 0 amide bonds. The standard InChI is InChI=1S/C8H15NO/c1-8(2)6(9)5-3-4-10-7(5)8/h5-7H,3-4,9H2,1-2H3. The van der Waals surface area contributed by atoms with Gasteiger partial charge >= 0.3 is 0 Å². The third kappa shape index (κ3) is 0.565. The SMILES string of the molecule is CC1(C)C(N)C2CCOC21. The molecule has 0 aromatic carbocycles. The van der Waals surface area contributed by atoms with E-state index in [0.29, 0.717) is 18.1 Å². The number of hydrogen-bond acceptors (Lipinski definition) is 2. The molecule has 3 atom stereocenters. The van der Waals surface area contributed by atoms with Crippen LogP contribution < -0.4 is 5.73 Å². The maximum Gasteiger partial charge on any atom is 0.0684 e. The molecule has 1 heterocycles. The Morgan fingerprint density at radius 3 is 2.80 bits per heavy atom. The molecule has 3 unspecified atom stereocenters. The zero-order chi connectivity index (χ0) is 7.35. The second-order valence-corrected chi connectivity index (χ2v) is 4.09. The van der Waals surface area contributed by atoms with Gasteiger partial charge in [-0.3, -0.25) is 0 Å². The van der Waals surface area contributed by atoms with Crippen molar-refractivity contribution in [3.63, 3.8) is 0 Å². The molecule has 2 N–H and O–H groups in total. The summed E-state index contributed by atoms with van der Waals surface area (Å²) in [6, 6.07) is 0.375. The van der Waals surface area contributed by atoms with Crippen LogP contribution in [-0.2, 0) is 4.74 Å². The van der Waals surface area contributed by atoms with Crippen molar-refractivity contribution in [2.75, 3.05) is 6.61 Å². The average Bonchev–Trinajstić information content (AvgIpc) is 2.31. The van der Waals surface area contributed by atoms with Crippen molar-refractivity contribution in [1.29, 1.82) is 0 Å². The Morgan fingerprint density at radius 2 is 2.20 bits per heavy atom. The number of fused-ring (bicyclic) bond motifs is 1. The van der Waals surface area contributed by atoms with E-state index in [9.17, 15) is 0 Å². The summed E-state index contributed by atoms with van der Waals surface area (Å²) in [6.07, 6.45) is 1.64. The number of rotatable bonds is 0. The Hall–Kier alpha value is -0.0800. The van der Waals surface area contributed by atoms with Gasteiger partial charge in [0.15, 0.2) is 0 Å². The van der Waals surface area contributed by atoms with Gasteiger partial charge in [0.2, 0.25) is 0 Å². The zero-order valence-electron chi connectivity index (χ0n) is 6.63. The van der Waals surface area contributed by atoms with Crippen LogP contribution in [-0.4, -0.2) is 18.8 Å². The molecule has 1 saturated heterocycles. The Balaban J connectivity index is 2.15. The van der Waals surface area contributed by atoms with Crippen LogP contribution in [0.2, 0.25) is 0 Å². The molecule has 0 aromatic rings. The van der Waals surface area contributed by atoms with E-state index >= 15 is 0 Å². The molecule has 1 saturated carbocycles. The largest absolute Gasteiger partial charge is 0.377 e. The van der Waals surface area contributed by atoms with Crippen LogP contribution in [0.5, 0.6) is 0 Å². The average molecular weight is 141 g/mol. The van der Waals surface area contributed by atoms with Crippen LogP contribution in [0, 0.1) is 11.3 Å². The van der Waals surface area contributed by atoms with Crippen molar-refractivity contribution in [2.24, 2.45) is 17.1 Å². The molecule has 2 aliphatic rings. The predicted molar refractivity (Wildman–Crippen MR) is 39.6 cm³/mol.